The number of nitrogens with zero attached hydrogens (tertiary/aromatic N) is 2. The van der Waals surface area contributed by atoms with Crippen molar-refractivity contribution in [1.29, 1.82) is 0 Å². The SMILES string of the molecule is Cc1ccc(Cn2nccc2NC(=O)NC[C@H]2CCCO2)s1. The van der Waals surface area contributed by atoms with Gasteiger partial charge < -0.3 is 10.1 Å². The van der Waals surface area contributed by atoms with E-state index >= 15 is 0 Å². The van der Waals surface area contributed by atoms with Crippen LogP contribution in [0.2, 0.25) is 0 Å². The summed E-state index contributed by atoms with van der Waals surface area (Å²) in [6, 6.07) is 5.75. The van der Waals surface area contributed by atoms with E-state index in [1.54, 1.807) is 28.3 Å². The Labute approximate surface area is 133 Å². The summed E-state index contributed by atoms with van der Waals surface area (Å²) in [5.74, 6) is 0.691. The third-order valence-electron chi connectivity index (χ3n) is 3.57. The number of aryl methyl sites for hydroxylation is 1. The Morgan fingerprint density at radius 2 is 2.41 bits per heavy atom. The van der Waals surface area contributed by atoms with Crippen molar-refractivity contribution in [3.63, 3.8) is 0 Å². The summed E-state index contributed by atoms with van der Waals surface area (Å²) >= 11 is 1.73. The molecule has 2 N–H and O–H groups in total. The van der Waals surface area contributed by atoms with Crippen molar-refractivity contribution in [1.82, 2.24) is 15.1 Å². The number of thiophene rings is 1. The number of aromatic nitrogens is 2. The lowest BCUT2D eigenvalue weighted by Gasteiger charge is -2.12. The molecule has 0 aliphatic carbocycles. The molecule has 3 rings (SSSR count). The summed E-state index contributed by atoms with van der Waals surface area (Å²) in [6.07, 6.45) is 3.91. The van der Waals surface area contributed by atoms with Crippen molar-refractivity contribution in [3.8, 4) is 0 Å². The summed E-state index contributed by atoms with van der Waals surface area (Å²) < 4.78 is 7.27. The second kappa shape index (κ2) is 6.93. The van der Waals surface area contributed by atoms with Gasteiger partial charge in [0, 0.05) is 29.0 Å². The first kappa shape index (κ1) is 15.1. The quantitative estimate of drug-likeness (QED) is 0.890. The second-order valence-electron chi connectivity index (χ2n) is 5.36. The smallest absolute Gasteiger partial charge is 0.320 e. The van der Waals surface area contributed by atoms with Gasteiger partial charge in [0.25, 0.3) is 0 Å². The van der Waals surface area contributed by atoms with Crippen molar-refractivity contribution in [2.24, 2.45) is 0 Å². The molecule has 7 heteroatoms. The summed E-state index contributed by atoms with van der Waals surface area (Å²) in [6.45, 7) is 4.08. The maximum atomic E-state index is 12.0. The fraction of sp³-hybridized carbons (Fsp3) is 0.467. The predicted molar refractivity (Wildman–Crippen MR) is 86.4 cm³/mol. The average Bonchev–Trinajstić information content (AvgIpc) is 3.21. The number of nitrogens with one attached hydrogen (secondary N) is 2. The van der Waals surface area contributed by atoms with Gasteiger partial charge in [-0.15, -0.1) is 11.3 Å². The largest absolute Gasteiger partial charge is 0.376 e. The standard InChI is InChI=1S/C15H20N4O2S/c1-11-4-5-13(22-11)10-19-14(6-7-17-19)18-15(20)16-9-12-3-2-8-21-12/h4-7,12H,2-3,8-10H2,1H3,(H2,16,18,20)/t12-/m1/s1. The maximum absolute atomic E-state index is 12.0. The molecule has 0 radical (unpaired) electrons. The molecule has 1 aliphatic heterocycles. The first-order chi connectivity index (χ1) is 10.7. The topological polar surface area (TPSA) is 68.2 Å². The molecule has 0 unspecified atom stereocenters. The van der Waals surface area contributed by atoms with Gasteiger partial charge in [0.1, 0.15) is 5.82 Å². The van der Waals surface area contributed by atoms with Crippen LogP contribution in [-0.4, -0.2) is 35.1 Å². The van der Waals surface area contributed by atoms with Gasteiger partial charge in [-0.25, -0.2) is 9.48 Å². The molecule has 22 heavy (non-hydrogen) atoms. The molecule has 0 spiro atoms. The third kappa shape index (κ3) is 3.86. The Morgan fingerprint density at radius 3 is 3.14 bits per heavy atom. The maximum Gasteiger partial charge on any atom is 0.320 e. The lowest BCUT2D eigenvalue weighted by molar-refractivity contribution is 0.112. The summed E-state index contributed by atoms with van der Waals surface area (Å²) in [7, 11) is 0. The molecule has 0 bridgehead atoms. The van der Waals surface area contributed by atoms with Crippen LogP contribution in [0.15, 0.2) is 24.4 Å². The van der Waals surface area contributed by atoms with Gasteiger partial charge in [-0.2, -0.15) is 5.10 Å². The zero-order chi connectivity index (χ0) is 15.4. The fourth-order valence-corrected chi connectivity index (χ4v) is 3.33. The number of hydrogen-bond acceptors (Lipinski definition) is 4. The third-order valence-corrected chi connectivity index (χ3v) is 4.56. The van der Waals surface area contributed by atoms with Gasteiger partial charge in [-0.05, 0) is 31.9 Å². The predicted octanol–water partition coefficient (Wildman–Crippen LogP) is 2.60. The highest BCUT2D eigenvalue weighted by Gasteiger charge is 2.16. The van der Waals surface area contributed by atoms with Gasteiger partial charge in [0.05, 0.1) is 18.8 Å². The van der Waals surface area contributed by atoms with Crippen molar-refractivity contribution in [2.75, 3.05) is 18.5 Å². The molecule has 0 saturated carbocycles. The zero-order valence-corrected chi connectivity index (χ0v) is 13.4. The van der Waals surface area contributed by atoms with E-state index in [0.29, 0.717) is 18.9 Å². The highest BCUT2D eigenvalue weighted by Crippen LogP contribution is 2.18. The Balaban J connectivity index is 1.53. The number of hydrogen-bond donors (Lipinski definition) is 2. The Morgan fingerprint density at radius 1 is 1.50 bits per heavy atom. The Kier molecular flexibility index (Phi) is 4.74. The summed E-state index contributed by atoms with van der Waals surface area (Å²) in [4.78, 5) is 14.4. The molecule has 1 aliphatic rings. The molecule has 2 aromatic heterocycles. The highest BCUT2D eigenvalue weighted by molar-refractivity contribution is 7.11. The number of anilines is 1. The van der Waals surface area contributed by atoms with Gasteiger partial charge in [-0.3, -0.25) is 5.32 Å². The lowest BCUT2D eigenvalue weighted by Crippen LogP contribution is -2.35. The van der Waals surface area contributed by atoms with E-state index in [4.69, 9.17) is 4.74 Å². The molecule has 2 amide bonds. The Bertz CT molecular complexity index is 631. The van der Waals surface area contributed by atoms with Crippen molar-refractivity contribution in [2.45, 2.75) is 32.4 Å². The van der Waals surface area contributed by atoms with Crippen LogP contribution in [0, 0.1) is 6.92 Å². The normalized spacial score (nSPS) is 17.6. The van der Waals surface area contributed by atoms with Crippen LogP contribution in [0.25, 0.3) is 0 Å². The zero-order valence-electron chi connectivity index (χ0n) is 12.5. The molecule has 0 aromatic carbocycles. The minimum atomic E-state index is -0.223. The molecule has 2 aromatic rings. The highest BCUT2D eigenvalue weighted by atomic mass is 32.1. The van der Waals surface area contributed by atoms with Crippen molar-refractivity contribution in [3.05, 3.63) is 34.2 Å². The molecule has 1 fully saturated rings. The fourth-order valence-electron chi connectivity index (χ4n) is 2.45. The number of carbonyl (C=O) groups is 1. The monoisotopic (exact) mass is 320 g/mol. The first-order valence-electron chi connectivity index (χ1n) is 7.44. The molecule has 118 valence electrons. The number of rotatable bonds is 5. The van der Waals surface area contributed by atoms with E-state index < -0.39 is 0 Å². The summed E-state index contributed by atoms with van der Waals surface area (Å²) in [5, 5.41) is 9.95. The summed E-state index contributed by atoms with van der Waals surface area (Å²) in [5.41, 5.74) is 0. The van der Waals surface area contributed by atoms with Crippen molar-refractivity contribution < 1.29 is 9.53 Å². The van der Waals surface area contributed by atoms with Gasteiger partial charge >= 0.3 is 6.03 Å². The number of amides is 2. The average molecular weight is 320 g/mol. The Hall–Kier alpha value is -1.86. The molecule has 6 nitrogen and oxygen atoms in total. The van der Waals surface area contributed by atoms with Crippen LogP contribution >= 0.6 is 11.3 Å². The van der Waals surface area contributed by atoms with E-state index in [1.165, 1.54) is 9.75 Å². The van der Waals surface area contributed by atoms with Crippen molar-refractivity contribution >= 4 is 23.2 Å². The van der Waals surface area contributed by atoms with Crippen LogP contribution in [0.3, 0.4) is 0 Å². The lowest BCUT2D eigenvalue weighted by atomic mass is 10.2. The minimum Gasteiger partial charge on any atom is -0.376 e. The molecule has 1 atom stereocenters. The number of urea groups is 1. The molecule has 3 heterocycles. The van der Waals surface area contributed by atoms with Crippen LogP contribution in [0.1, 0.15) is 22.6 Å². The van der Waals surface area contributed by atoms with E-state index in [2.05, 4.69) is 34.8 Å². The van der Waals surface area contributed by atoms with E-state index in [-0.39, 0.29) is 12.1 Å². The van der Waals surface area contributed by atoms with Gasteiger partial charge in [0.15, 0.2) is 0 Å². The minimum absolute atomic E-state index is 0.143. The van der Waals surface area contributed by atoms with Crippen LogP contribution in [0.4, 0.5) is 10.6 Å². The first-order valence-corrected chi connectivity index (χ1v) is 8.26. The van der Waals surface area contributed by atoms with Crippen LogP contribution < -0.4 is 10.6 Å². The molecule has 1 saturated heterocycles. The van der Waals surface area contributed by atoms with E-state index in [0.717, 1.165) is 19.4 Å². The number of ether oxygens (including phenoxy) is 1. The molecular formula is C15H20N4O2S. The number of carbonyl (C=O) groups excluding carboxylic acids is 1. The van der Waals surface area contributed by atoms with Crippen LogP contribution in [0.5, 0.6) is 0 Å². The second-order valence-corrected chi connectivity index (χ2v) is 6.73. The van der Waals surface area contributed by atoms with Crippen LogP contribution in [-0.2, 0) is 11.3 Å². The van der Waals surface area contributed by atoms with Gasteiger partial charge in [0.2, 0.25) is 0 Å². The van der Waals surface area contributed by atoms with E-state index in [1.807, 2.05) is 0 Å². The molecular weight excluding hydrogens is 300 g/mol. The van der Waals surface area contributed by atoms with E-state index in [9.17, 15) is 4.79 Å². The van der Waals surface area contributed by atoms with Gasteiger partial charge in [-0.1, -0.05) is 0 Å².